The highest BCUT2D eigenvalue weighted by Gasteiger charge is 2.22. The van der Waals surface area contributed by atoms with E-state index in [0.717, 1.165) is 5.56 Å². The van der Waals surface area contributed by atoms with E-state index in [1.165, 1.54) is 12.3 Å². The first-order chi connectivity index (χ1) is 9.08. The molecule has 0 radical (unpaired) electrons. The smallest absolute Gasteiger partial charge is 0.325 e. The monoisotopic (exact) mass is 261 g/mol. The van der Waals surface area contributed by atoms with Crippen molar-refractivity contribution in [1.29, 1.82) is 0 Å². The molecule has 100 valence electrons. The second-order valence-electron chi connectivity index (χ2n) is 4.29. The molecule has 19 heavy (non-hydrogen) atoms. The van der Waals surface area contributed by atoms with Crippen LogP contribution in [0.4, 0.5) is 0 Å². The van der Waals surface area contributed by atoms with Crippen LogP contribution in [-0.2, 0) is 11.3 Å². The molecule has 1 atom stereocenters. The zero-order valence-electron chi connectivity index (χ0n) is 10.5. The summed E-state index contributed by atoms with van der Waals surface area (Å²) in [6, 6.07) is 7.38. The fraction of sp³-hybridized carbons (Fsp3) is 0.214. The molecular formula is C14H15NO4. The molecule has 0 amide bonds. The molecule has 2 rings (SSSR count). The minimum Gasteiger partial charge on any atom is -0.508 e. The molecule has 0 spiro atoms. The Hall–Kier alpha value is -2.27. The van der Waals surface area contributed by atoms with Crippen LogP contribution in [0.2, 0.25) is 0 Å². The van der Waals surface area contributed by atoms with Gasteiger partial charge in [-0.25, -0.2) is 0 Å². The maximum Gasteiger partial charge on any atom is 0.325 e. The van der Waals surface area contributed by atoms with Crippen molar-refractivity contribution in [3.05, 3.63) is 53.5 Å². The third-order valence-electron chi connectivity index (χ3n) is 2.80. The van der Waals surface area contributed by atoms with Gasteiger partial charge in [0.25, 0.3) is 0 Å². The van der Waals surface area contributed by atoms with Crippen LogP contribution >= 0.6 is 0 Å². The van der Waals surface area contributed by atoms with Crippen LogP contribution in [0, 0.1) is 6.92 Å². The van der Waals surface area contributed by atoms with Gasteiger partial charge in [0, 0.05) is 5.56 Å². The number of hydrogen-bond acceptors (Lipinski definition) is 4. The van der Waals surface area contributed by atoms with Gasteiger partial charge < -0.3 is 14.6 Å². The van der Waals surface area contributed by atoms with E-state index in [-0.39, 0.29) is 12.3 Å². The number of aryl methyl sites for hydroxylation is 1. The number of carboxylic acid groups (broad SMARTS) is 1. The zero-order chi connectivity index (χ0) is 13.8. The molecule has 1 aromatic heterocycles. The molecule has 0 aliphatic rings. The van der Waals surface area contributed by atoms with Gasteiger partial charge in [0.1, 0.15) is 17.6 Å². The van der Waals surface area contributed by atoms with Crippen LogP contribution in [0.1, 0.15) is 22.9 Å². The van der Waals surface area contributed by atoms with Crippen LogP contribution < -0.4 is 5.32 Å². The second-order valence-corrected chi connectivity index (χ2v) is 4.29. The van der Waals surface area contributed by atoms with E-state index in [2.05, 4.69) is 5.32 Å². The number of phenols is 1. The quantitative estimate of drug-likeness (QED) is 0.768. The summed E-state index contributed by atoms with van der Waals surface area (Å²) in [6.45, 7) is 2.12. The van der Waals surface area contributed by atoms with Gasteiger partial charge in [-0.15, -0.1) is 0 Å². The molecule has 0 saturated heterocycles. The lowest BCUT2D eigenvalue weighted by Crippen LogP contribution is -2.28. The van der Waals surface area contributed by atoms with E-state index in [1.807, 2.05) is 6.92 Å². The maximum absolute atomic E-state index is 11.3. The van der Waals surface area contributed by atoms with E-state index in [0.29, 0.717) is 11.3 Å². The number of hydrogen-bond donors (Lipinski definition) is 3. The number of carboxylic acids is 1. The summed E-state index contributed by atoms with van der Waals surface area (Å²) < 4.78 is 5.14. The number of nitrogens with one attached hydrogen (secondary N) is 1. The Labute approximate surface area is 110 Å². The number of aromatic hydroxyl groups is 1. The summed E-state index contributed by atoms with van der Waals surface area (Å²) >= 11 is 0. The number of carbonyl (C=O) groups is 1. The Morgan fingerprint density at radius 2 is 2.21 bits per heavy atom. The average Bonchev–Trinajstić information content (AvgIpc) is 2.86. The lowest BCUT2D eigenvalue weighted by atomic mass is 10.0. The molecule has 0 fully saturated rings. The Bertz CT molecular complexity index is 563. The summed E-state index contributed by atoms with van der Waals surface area (Å²) in [4.78, 5) is 11.3. The topological polar surface area (TPSA) is 82.7 Å². The van der Waals surface area contributed by atoms with Crippen molar-refractivity contribution < 1.29 is 19.4 Å². The van der Waals surface area contributed by atoms with Crippen LogP contribution in [0.3, 0.4) is 0 Å². The highest BCUT2D eigenvalue weighted by molar-refractivity contribution is 5.76. The van der Waals surface area contributed by atoms with E-state index >= 15 is 0 Å². The van der Waals surface area contributed by atoms with Crippen molar-refractivity contribution in [2.45, 2.75) is 19.5 Å². The SMILES string of the molecule is Cc1ccc(O)c(C(NCc2ccco2)C(=O)O)c1. The number of furan rings is 1. The van der Waals surface area contributed by atoms with Crippen molar-refractivity contribution in [2.24, 2.45) is 0 Å². The van der Waals surface area contributed by atoms with Gasteiger partial charge in [-0.2, -0.15) is 0 Å². The molecule has 1 heterocycles. The van der Waals surface area contributed by atoms with Crippen molar-refractivity contribution in [3.63, 3.8) is 0 Å². The van der Waals surface area contributed by atoms with Crippen molar-refractivity contribution >= 4 is 5.97 Å². The van der Waals surface area contributed by atoms with E-state index < -0.39 is 12.0 Å². The van der Waals surface area contributed by atoms with Gasteiger partial charge in [-0.3, -0.25) is 10.1 Å². The number of aliphatic carboxylic acids is 1. The molecular weight excluding hydrogens is 246 g/mol. The fourth-order valence-corrected chi connectivity index (χ4v) is 1.85. The Kier molecular flexibility index (Phi) is 3.87. The molecule has 1 unspecified atom stereocenters. The zero-order valence-corrected chi connectivity index (χ0v) is 10.5. The third-order valence-corrected chi connectivity index (χ3v) is 2.80. The van der Waals surface area contributed by atoms with Crippen LogP contribution in [0.15, 0.2) is 41.0 Å². The van der Waals surface area contributed by atoms with Gasteiger partial charge in [-0.05, 0) is 25.1 Å². The summed E-state index contributed by atoms with van der Waals surface area (Å²) in [6.07, 6.45) is 1.52. The lowest BCUT2D eigenvalue weighted by Gasteiger charge is -2.16. The molecule has 5 heteroatoms. The van der Waals surface area contributed by atoms with Crippen LogP contribution in [0.5, 0.6) is 5.75 Å². The summed E-state index contributed by atoms with van der Waals surface area (Å²) in [7, 11) is 0. The van der Waals surface area contributed by atoms with Gasteiger partial charge in [0.15, 0.2) is 0 Å². The average molecular weight is 261 g/mol. The number of rotatable bonds is 5. The molecule has 3 N–H and O–H groups in total. The standard InChI is InChI=1S/C14H15NO4/c1-9-4-5-12(16)11(7-9)13(14(17)18)15-8-10-3-2-6-19-10/h2-7,13,15-16H,8H2,1H3,(H,17,18). The van der Waals surface area contributed by atoms with Gasteiger partial charge >= 0.3 is 5.97 Å². The normalized spacial score (nSPS) is 12.3. The predicted octanol–water partition coefficient (Wildman–Crippen LogP) is 2.21. The first-order valence-electron chi connectivity index (χ1n) is 5.86. The van der Waals surface area contributed by atoms with E-state index in [4.69, 9.17) is 4.42 Å². The molecule has 2 aromatic rings. The maximum atomic E-state index is 11.3. The third kappa shape index (κ3) is 3.14. The Morgan fingerprint density at radius 1 is 1.42 bits per heavy atom. The van der Waals surface area contributed by atoms with Crippen molar-refractivity contribution in [2.75, 3.05) is 0 Å². The van der Waals surface area contributed by atoms with Gasteiger partial charge in [-0.1, -0.05) is 17.7 Å². The largest absolute Gasteiger partial charge is 0.508 e. The first-order valence-corrected chi connectivity index (χ1v) is 5.86. The minimum atomic E-state index is -1.05. The van der Waals surface area contributed by atoms with Gasteiger partial charge in [0.2, 0.25) is 0 Å². The molecule has 0 aliphatic heterocycles. The second kappa shape index (κ2) is 5.58. The molecule has 0 saturated carbocycles. The summed E-state index contributed by atoms with van der Waals surface area (Å²) in [5, 5.41) is 21.9. The summed E-state index contributed by atoms with van der Waals surface area (Å²) in [5.41, 5.74) is 1.23. The highest BCUT2D eigenvalue weighted by Crippen LogP contribution is 2.25. The van der Waals surface area contributed by atoms with Crippen molar-refractivity contribution in [1.82, 2.24) is 5.32 Å². The van der Waals surface area contributed by atoms with Crippen molar-refractivity contribution in [3.8, 4) is 5.75 Å². The first kappa shape index (κ1) is 13.2. The Balaban J connectivity index is 2.20. The van der Waals surface area contributed by atoms with E-state index in [9.17, 15) is 15.0 Å². The highest BCUT2D eigenvalue weighted by atomic mass is 16.4. The minimum absolute atomic E-state index is 0.0371. The van der Waals surface area contributed by atoms with Crippen LogP contribution in [-0.4, -0.2) is 16.2 Å². The Morgan fingerprint density at radius 3 is 2.84 bits per heavy atom. The number of phenolic OH excluding ortho intramolecular Hbond substituents is 1. The van der Waals surface area contributed by atoms with E-state index in [1.54, 1.807) is 24.3 Å². The molecule has 0 aliphatic carbocycles. The molecule has 1 aromatic carbocycles. The fourth-order valence-electron chi connectivity index (χ4n) is 1.85. The number of benzene rings is 1. The molecule has 0 bridgehead atoms. The van der Waals surface area contributed by atoms with Crippen LogP contribution in [0.25, 0.3) is 0 Å². The molecule has 5 nitrogen and oxygen atoms in total. The lowest BCUT2D eigenvalue weighted by molar-refractivity contribution is -0.139. The predicted molar refractivity (Wildman–Crippen MR) is 68.8 cm³/mol. The summed E-state index contributed by atoms with van der Waals surface area (Å²) in [5.74, 6) is -0.448. The van der Waals surface area contributed by atoms with Gasteiger partial charge in [0.05, 0.1) is 12.8 Å².